The zero-order valence-electron chi connectivity index (χ0n) is 15.9. The Morgan fingerprint density at radius 3 is 2.40 bits per heavy atom. The topological polar surface area (TPSA) is 176 Å². The Morgan fingerprint density at radius 2 is 1.77 bits per heavy atom. The van der Waals surface area contributed by atoms with Gasteiger partial charge in [0, 0.05) is 19.5 Å². The summed E-state index contributed by atoms with van der Waals surface area (Å²) < 4.78 is 25.8. The van der Waals surface area contributed by atoms with Crippen molar-refractivity contribution in [3.8, 4) is 0 Å². The number of nitrogens with zero attached hydrogens (tertiary/aromatic N) is 3. The number of fused-ring (bicyclic) bond motifs is 1. The third-order valence-corrected chi connectivity index (χ3v) is 5.13. The molecule has 0 spiro atoms. The number of sulfonamides is 1. The fourth-order valence-corrected chi connectivity index (χ4v) is 3.45. The molecule has 0 saturated heterocycles. The number of nitrogens with one attached hydrogen (secondary N) is 4. The van der Waals surface area contributed by atoms with Crippen LogP contribution in [0.5, 0.6) is 0 Å². The highest BCUT2D eigenvalue weighted by molar-refractivity contribution is 7.90. The molecule has 0 aliphatic carbocycles. The van der Waals surface area contributed by atoms with Gasteiger partial charge in [-0.1, -0.05) is 0 Å². The number of hydrogen-bond acceptors (Lipinski definition) is 9. The lowest BCUT2D eigenvalue weighted by Crippen LogP contribution is -2.28. The normalized spacial score (nSPS) is 11.1. The third-order valence-electron chi connectivity index (χ3n) is 3.68. The van der Waals surface area contributed by atoms with Crippen molar-refractivity contribution < 1.29 is 18.0 Å². The summed E-state index contributed by atoms with van der Waals surface area (Å²) >= 11 is 0. The lowest BCUT2D eigenvalue weighted by molar-refractivity contribution is -0.117. The van der Waals surface area contributed by atoms with Crippen LogP contribution in [0.25, 0.3) is 11.2 Å². The molecule has 2 heterocycles. The van der Waals surface area contributed by atoms with Crippen LogP contribution in [0.15, 0.2) is 40.2 Å². The average molecular weight is 431 g/mol. The number of carbonyl (C=O) groups excluding carboxylic acids is 2. The summed E-state index contributed by atoms with van der Waals surface area (Å²) in [4.78, 5) is 48.9. The Labute approximate surface area is 170 Å². The minimum atomic E-state index is -3.90. The highest BCUT2D eigenvalue weighted by atomic mass is 32.2. The van der Waals surface area contributed by atoms with Crippen LogP contribution < -0.4 is 20.9 Å². The third kappa shape index (κ3) is 4.94. The van der Waals surface area contributed by atoms with E-state index in [0.29, 0.717) is 11.4 Å². The van der Waals surface area contributed by atoms with Crippen LogP contribution in [0.3, 0.4) is 0 Å². The second-order valence-corrected chi connectivity index (χ2v) is 7.85. The van der Waals surface area contributed by atoms with Crippen molar-refractivity contribution in [2.75, 3.05) is 10.6 Å². The molecule has 30 heavy (non-hydrogen) atoms. The van der Waals surface area contributed by atoms with Gasteiger partial charge in [-0.3, -0.25) is 24.7 Å². The van der Waals surface area contributed by atoms with E-state index in [1.807, 2.05) is 4.72 Å². The van der Waals surface area contributed by atoms with Gasteiger partial charge >= 0.3 is 0 Å². The van der Waals surface area contributed by atoms with E-state index in [4.69, 9.17) is 0 Å². The number of benzene rings is 1. The molecule has 0 unspecified atom stereocenters. The Balaban J connectivity index is 1.74. The summed E-state index contributed by atoms with van der Waals surface area (Å²) in [6.07, 6.45) is 1.43. The smallest absolute Gasteiger partial charge is 0.280 e. The fraction of sp³-hybridized carbons (Fsp3) is 0.176. The van der Waals surface area contributed by atoms with Crippen molar-refractivity contribution in [2.24, 2.45) is 0 Å². The number of hydrogen-bond donors (Lipinski definition) is 4. The standard InChI is InChI=1S/C17H17N7O5S/c1-9(25)20-17-22-15-14(16(27)23-17)21-12(8-19-15)7-18-11-3-5-13(6-4-11)30(28,29)24-10(2)26/h3-6,8,18H,7H2,1-2H3,(H,24,26)(H2,19,20,22,23,25,27). The molecule has 1 aromatic carbocycles. The molecule has 0 aliphatic rings. The van der Waals surface area contributed by atoms with Crippen LogP contribution in [0.1, 0.15) is 19.5 Å². The van der Waals surface area contributed by atoms with E-state index < -0.39 is 21.5 Å². The van der Waals surface area contributed by atoms with Crippen LogP contribution >= 0.6 is 0 Å². The first-order valence-electron chi connectivity index (χ1n) is 8.55. The van der Waals surface area contributed by atoms with Crippen molar-refractivity contribution in [3.63, 3.8) is 0 Å². The first kappa shape index (κ1) is 20.9. The van der Waals surface area contributed by atoms with E-state index in [1.54, 1.807) is 0 Å². The highest BCUT2D eigenvalue weighted by Gasteiger charge is 2.15. The summed E-state index contributed by atoms with van der Waals surface area (Å²) in [7, 11) is -3.90. The first-order chi connectivity index (χ1) is 14.1. The van der Waals surface area contributed by atoms with Gasteiger partial charge in [-0.2, -0.15) is 4.98 Å². The largest absolute Gasteiger partial charge is 0.379 e. The van der Waals surface area contributed by atoms with Gasteiger partial charge in [0.05, 0.1) is 23.3 Å². The Morgan fingerprint density at radius 1 is 1.07 bits per heavy atom. The lowest BCUT2D eigenvalue weighted by atomic mass is 10.3. The van der Waals surface area contributed by atoms with Gasteiger partial charge < -0.3 is 5.32 Å². The minimum Gasteiger partial charge on any atom is -0.379 e. The molecule has 0 saturated carbocycles. The average Bonchev–Trinajstić information content (AvgIpc) is 2.65. The van der Waals surface area contributed by atoms with E-state index in [9.17, 15) is 22.8 Å². The van der Waals surface area contributed by atoms with Crippen LogP contribution in [-0.4, -0.2) is 40.2 Å². The second kappa shape index (κ2) is 8.24. The summed E-state index contributed by atoms with van der Waals surface area (Å²) in [5, 5.41) is 5.40. The second-order valence-electron chi connectivity index (χ2n) is 6.17. The zero-order valence-corrected chi connectivity index (χ0v) is 16.7. The summed E-state index contributed by atoms with van der Waals surface area (Å²) in [5.41, 5.74) is 0.577. The molecular formula is C17H17N7O5S. The van der Waals surface area contributed by atoms with Crippen molar-refractivity contribution in [3.05, 3.63) is 46.5 Å². The molecule has 2 aromatic heterocycles. The predicted octanol–water partition coefficient (Wildman–Crippen LogP) is 0.108. The zero-order chi connectivity index (χ0) is 21.9. The molecule has 2 amide bonds. The van der Waals surface area contributed by atoms with Gasteiger partial charge in [-0.15, -0.1) is 0 Å². The number of aromatic amines is 1. The maximum absolute atomic E-state index is 12.2. The van der Waals surface area contributed by atoms with Gasteiger partial charge in [-0.25, -0.2) is 23.1 Å². The van der Waals surface area contributed by atoms with E-state index in [-0.39, 0.29) is 34.5 Å². The summed E-state index contributed by atoms with van der Waals surface area (Å²) in [6, 6.07) is 5.74. The van der Waals surface area contributed by atoms with Crippen molar-refractivity contribution in [1.82, 2.24) is 24.7 Å². The Bertz CT molecular complexity index is 1290. The first-order valence-corrected chi connectivity index (χ1v) is 10.0. The quantitative estimate of drug-likeness (QED) is 0.422. The molecule has 0 bridgehead atoms. The molecule has 0 atom stereocenters. The van der Waals surface area contributed by atoms with E-state index >= 15 is 0 Å². The fourth-order valence-electron chi connectivity index (χ4n) is 2.46. The Kier molecular flexibility index (Phi) is 5.73. The minimum absolute atomic E-state index is 0.0140. The molecule has 12 nitrogen and oxygen atoms in total. The van der Waals surface area contributed by atoms with Gasteiger partial charge in [-0.05, 0) is 24.3 Å². The SMILES string of the molecule is CC(=O)Nc1nc2ncc(CNc3ccc(S(=O)(=O)NC(C)=O)cc3)nc2c(=O)[nH]1. The van der Waals surface area contributed by atoms with Gasteiger partial charge in [0.1, 0.15) is 0 Å². The van der Waals surface area contributed by atoms with Gasteiger partial charge in [0.25, 0.3) is 15.6 Å². The number of aromatic nitrogens is 4. The number of H-pyrrole nitrogens is 1. The molecular weight excluding hydrogens is 414 g/mol. The van der Waals surface area contributed by atoms with E-state index in [2.05, 4.69) is 30.6 Å². The maximum Gasteiger partial charge on any atom is 0.280 e. The van der Waals surface area contributed by atoms with Crippen molar-refractivity contribution in [2.45, 2.75) is 25.3 Å². The summed E-state index contributed by atoms with van der Waals surface area (Å²) in [5.74, 6) is -1.09. The van der Waals surface area contributed by atoms with Gasteiger partial charge in [0.15, 0.2) is 11.2 Å². The predicted molar refractivity (Wildman–Crippen MR) is 107 cm³/mol. The van der Waals surface area contributed by atoms with Crippen molar-refractivity contribution in [1.29, 1.82) is 0 Å². The molecule has 0 radical (unpaired) electrons. The highest BCUT2D eigenvalue weighted by Crippen LogP contribution is 2.15. The van der Waals surface area contributed by atoms with Crippen LogP contribution in [0.4, 0.5) is 11.6 Å². The lowest BCUT2D eigenvalue weighted by Gasteiger charge is -2.08. The van der Waals surface area contributed by atoms with E-state index in [1.165, 1.54) is 37.4 Å². The van der Waals surface area contributed by atoms with Crippen LogP contribution in [-0.2, 0) is 26.2 Å². The molecule has 0 fully saturated rings. The molecule has 3 rings (SSSR count). The maximum atomic E-state index is 12.2. The number of carbonyl (C=O) groups is 2. The number of rotatable bonds is 6. The summed E-state index contributed by atoms with van der Waals surface area (Å²) in [6.45, 7) is 2.60. The Hall–Kier alpha value is -3.87. The molecule has 3 aromatic rings. The van der Waals surface area contributed by atoms with Crippen LogP contribution in [0.2, 0.25) is 0 Å². The molecule has 0 aliphatic heterocycles. The molecule has 13 heteroatoms. The molecule has 156 valence electrons. The monoisotopic (exact) mass is 431 g/mol. The van der Waals surface area contributed by atoms with Crippen LogP contribution in [0, 0.1) is 0 Å². The van der Waals surface area contributed by atoms with E-state index in [0.717, 1.165) is 6.92 Å². The molecule has 4 N–H and O–H groups in total. The van der Waals surface area contributed by atoms with Gasteiger partial charge in [0.2, 0.25) is 17.8 Å². The number of anilines is 2. The number of amides is 2. The van der Waals surface area contributed by atoms with Crippen molar-refractivity contribution >= 4 is 44.6 Å².